The summed E-state index contributed by atoms with van der Waals surface area (Å²) in [6, 6.07) is 9.14. The molecule has 0 unspecified atom stereocenters. The summed E-state index contributed by atoms with van der Waals surface area (Å²) >= 11 is 0. The van der Waals surface area contributed by atoms with Crippen LogP contribution in [0.2, 0.25) is 0 Å². The fourth-order valence-corrected chi connectivity index (χ4v) is 1.84. The number of ether oxygens (including phenoxy) is 3. The van der Waals surface area contributed by atoms with Gasteiger partial charge >= 0.3 is 11.9 Å². The van der Waals surface area contributed by atoms with Gasteiger partial charge < -0.3 is 14.2 Å². The molecule has 0 radical (unpaired) electrons. The molecule has 0 aliphatic rings. The Morgan fingerprint density at radius 2 is 1.93 bits per heavy atom. The number of nitriles is 1. The fourth-order valence-electron chi connectivity index (χ4n) is 1.84. The second kappa shape index (κ2) is 10.8. The highest BCUT2D eigenvalue weighted by Gasteiger charge is 2.26. The molecule has 144 valence electrons. The Bertz CT molecular complexity index is 756. The van der Waals surface area contributed by atoms with Crippen LogP contribution in [0.5, 0.6) is 5.75 Å². The van der Waals surface area contributed by atoms with Crippen LogP contribution in [0.3, 0.4) is 0 Å². The van der Waals surface area contributed by atoms with E-state index in [0.29, 0.717) is 12.2 Å². The van der Waals surface area contributed by atoms with Crippen molar-refractivity contribution in [3.8, 4) is 11.8 Å². The number of esters is 2. The van der Waals surface area contributed by atoms with Crippen LogP contribution >= 0.6 is 0 Å². The van der Waals surface area contributed by atoms with Gasteiger partial charge in [-0.15, -0.1) is 0 Å². The number of rotatable bonds is 9. The maximum Gasteiger partial charge on any atom is 0.349 e. The summed E-state index contributed by atoms with van der Waals surface area (Å²) in [4.78, 5) is 23.7. The van der Waals surface area contributed by atoms with Crippen LogP contribution in [0.25, 0.3) is 6.08 Å². The molecule has 0 amide bonds. The maximum atomic E-state index is 11.9. The van der Waals surface area contributed by atoms with Crippen molar-refractivity contribution < 1.29 is 23.8 Å². The van der Waals surface area contributed by atoms with Gasteiger partial charge in [-0.05, 0) is 44.0 Å². The Labute approximate surface area is 160 Å². The lowest BCUT2D eigenvalue weighted by Crippen LogP contribution is -2.27. The molecule has 0 saturated heterocycles. The molecule has 0 spiro atoms. The first kappa shape index (κ1) is 22.0. The van der Waals surface area contributed by atoms with Crippen LogP contribution in [0, 0.1) is 16.7 Å². The topological polar surface area (TPSA) is 85.6 Å². The highest BCUT2D eigenvalue weighted by Crippen LogP contribution is 2.21. The number of methoxy groups -OCH3 is 1. The minimum atomic E-state index is -0.765. The van der Waals surface area contributed by atoms with Crippen LogP contribution in [-0.4, -0.2) is 32.3 Å². The van der Waals surface area contributed by atoms with E-state index in [1.807, 2.05) is 31.2 Å². The predicted octanol–water partition coefficient (Wildman–Crippen LogP) is 3.68. The van der Waals surface area contributed by atoms with Crippen molar-refractivity contribution in [3.05, 3.63) is 47.6 Å². The molecule has 6 heteroatoms. The average molecular weight is 371 g/mol. The standard InChI is InChI=1S/C21H25NO5/c1-5-21(2,3)20(24)27-13-12-26-19(23)17(15-22)10-6-8-16-9-7-11-18(14-16)25-4/h6-11,14H,5,12-13H2,1-4H3/b8-6+,17-10+. The highest BCUT2D eigenvalue weighted by atomic mass is 16.6. The van der Waals surface area contributed by atoms with Crippen LogP contribution in [0.15, 0.2) is 42.0 Å². The zero-order valence-electron chi connectivity index (χ0n) is 16.2. The number of hydrogen-bond acceptors (Lipinski definition) is 6. The lowest BCUT2D eigenvalue weighted by atomic mass is 9.91. The summed E-state index contributed by atoms with van der Waals surface area (Å²) in [5.41, 5.74) is 0.142. The van der Waals surface area contributed by atoms with Crippen LogP contribution in [0.4, 0.5) is 0 Å². The summed E-state index contributed by atoms with van der Waals surface area (Å²) in [7, 11) is 1.58. The summed E-state index contributed by atoms with van der Waals surface area (Å²) in [5, 5.41) is 9.10. The van der Waals surface area contributed by atoms with Crippen molar-refractivity contribution in [2.75, 3.05) is 20.3 Å². The SMILES string of the molecule is CCC(C)(C)C(=O)OCCOC(=O)/C(C#N)=C/C=C/c1cccc(OC)c1. The van der Waals surface area contributed by atoms with Crippen molar-refractivity contribution in [1.82, 2.24) is 0 Å². The molecule has 0 atom stereocenters. The van der Waals surface area contributed by atoms with E-state index < -0.39 is 11.4 Å². The fraction of sp³-hybridized carbons (Fsp3) is 0.381. The maximum absolute atomic E-state index is 11.9. The zero-order valence-corrected chi connectivity index (χ0v) is 16.2. The van der Waals surface area contributed by atoms with Crippen molar-refractivity contribution in [3.63, 3.8) is 0 Å². The van der Waals surface area contributed by atoms with Crippen LogP contribution in [-0.2, 0) is 19.1 Å². The second-order valence-corrected chi connectivity index (χ2v) is 6.34. The van der Waals surface area contributed by atoms with Crippen molar-refractivity contribution in [1.29, 1.82) is 5.26 Å². The van der Waals surface area contributed by atoms with Gasteiger partial charge in [-0.2, -0.15) is 5.26 Å². The smallest absolute Gasteiger partial charge is 0.349 e. The van der Waals surface area contributed by atoms with Crippen LogP contribution < -0.4 is 4.74 Å². The molecule has 0 aliphatic heterocycles. The van der Waals surface area contributed by atoms with Crippen molar-refractivity contribution >= 4 is 18.0 Å². The summed E-state index contributed by atoms with van der Waals surface area (Å²) in [6.45, 7) is 5.30. The summed E-state index contributed by atoms with van der Waals surface area (Å²) in [5.74, 6) is -0.404. The molecule has 0 aromatic heterocycles. The van der Waals surface area contributed by atoms with E-state index in [1.54, 1.807) is 39.2 Å². The first-order valence-electron chi connectivity index (χ1n) is 8.61. The van der Waals surface area contributed by atoms with E-state index in [9.17, 15) is 9.59 Å². The van der Waals surface area contributed by atoms with E-state index in [0.717, 1.165) is 5.56 Å². The number of carbonyl (C=O) groups is 2. The van der Waals surface area contributed by atoms with E-state index >= 15 is 0 Å². The van der Waals surface area contributed by atoms with Crippen LogP contribution in [0.1, 0.15) is 32.8 Å². The summed E-state index contributed by atoms with van der Waals surface area (Å²) in [6.07, 6.45) is 5.33. The average Bonchev–Trinajstić information content (AvgIpc) is 2.68. The van der Waals surface area contributed by atoms with Gasteiger partial charge in [-0.1, -0.05) is 31.2 Å². The lowest BCUT2D eigenvalue weighted by Gasteiger charge is -2.20. The van der Waals surface area contributed by atoms with E-state index in [4.69, 9.17) is 19.5 Å². The quantitative estimate of drug-likeness (QED) is 0.216. The van der Waals surface area contributed by atoms with Crippen molar-refractivity contribution in [2.24, 2.45) is 5.41 Å². The molecular formula is C21H25NO5. The molecule has 0 aliphatic carbocycles. The molecule has 0 saturated carbocycles. The molecule has 0 heterocycles. The van der Waals surface area contributed by atoms with Gasteiger partial charge in [0.25, 0.3) is 0 Å². The third kappa shape index (κ3) is 7.37. The molecule has 0 bridgehead atoms. The number of allylic oxidation sites excluding steroid dienone is 2. The third-order valence-corrected chi connectivity index (χ3v) is 3.97. The molecule has 1 rings (SSSR count). The minimum absolute atomic E-state index is 0.0492. The molecule has 0 N–H and O–H groups in total. The Kier molecular flexibility index (Phi) is 8.80. The highest BCUT2D eigenvalue weighted by molar-refractivity contribution is 5.93. The van der Waals surface area contributed by atoms with Gasteiger partial charge in [0.05, 0.1) is 12.5 Å². The third-order valence-electron chi connectivity index (χ3n) is 3.97. The number of benzene rings is 1. The first-order valence-corrected chi connectivity index (χ1v) is 8.61. The molecule has 6 nitrogen and oxygen atoms in total. The Hall–Kier alpha value is -3.07. The van der Waals surface area contributed by atoms with Gasteiger partial charge in [0.2, 0.25) is 0 Å². The first-order chi connectivity index (χ1) is 12.8. The largest absolute Gasteiger partial charge is 0.497 e. The minimum Gasteiger partial charge on any atom is -0.497 e. The lowest BCUT2D eigenvalue weighted by molar-refractivity contribution is -0.158. The second-order valence-electron chi connectivity index (χ2n) is 6.34. The van der Waals surface area contributed by atoms with Crippen molar-refractivity contribution in [2.45, 2.75) is 27.2 Å². The van der Waals surface area contributed by atoms with E-state index in [-0.39, 0.29) is 24.8 Å². The normalized spacial score (nSPS) is 11.7. The molecular weight excluding hydrogens is 346 g/mol. The van der Waals surface area contributed by atoms with Gasteiger partial charge in [0.15, 0.2) is 0 Å². The van der Waals surface area contributed by atoms with Gasteiger partial charge in [-0.3, -0.25) is 4.79 Å². The van der Waals surface area contributed by atoms with Gasteiger partial charge in [-0.25, -0.2) is 4.79 Å². The van der Waals surface area contributed by atoms with Gasteiger partial charge in [0.1, 0.15) is 30.6 Å². The monoisotopic (exact) mass is 371 g/mol. The predicted molar refractivity (Wildman–Crippen MR) is 102 cm³/mol. The summed E-state index contributed by atoms with van der Waals surface area (Å²) < 4.78 is 15.2. The Balaban J connectivity index is 2.54. The van der Waals surface area contributed by atoms with E-state index in [1.165, 1.54) is 6.08 Å². The molecule has 0 fully saturated rings. The molecule has 1 aromatic rings. The van der Waals surface area contributed by atoms with E-state index in [2.05, 4.69) is 0 Å². The molecule has 1 aromatic carbocycles. The Morgan fingerprint density at radius 1 is 1.22 bits per heavy atom. The number of carbonyl (C=O) groups excluding carboxylic acids is 2. The number of hydrogen-bond donors (Lipinski definition) is 0. The Morgan fingerprint density at radius 3 is 2.56 bits per heavy atom. The van der Waals surface area contributed by atoms with Gasteiger partial charge in [0, 0.05) is 0 Å². The number of nitrogens with zero attached hydrogens (tertiary/aromatic N) is 1. The zero-order chi connectivity index (χ0) is 20.3. The molecule has 27 heavy (non-hydrogen) atoms.